The van der Waals surface area contributed by atoms with Crippen molar-refractivity contribution in [1.82, 2.24) is 0 Å². The van der Waals surface area contributed by atoms with Gasteiger partial charge in [-0.25, -0.2) is 4.79 Å². The summed E-state index contributed by atoms with van der Waals surface area (Å²) < 4.78 is 10.9. The van der Waals surface area contributed by atoms with Crippen LogP contribution < -0.4 is 4.74 Å². The lowest BCUT2D eigenvalue weighted by atomic mass is 9.90. The molecule has 0 bridgehead atoms. The van der Waals surface area contributed by atoms with E-state index in [-0.39, 0.29) is 5.75 Å². The normalized spacial score (nSPS) is 18.6. The number of hydrogen-bond acceptors (Lipinski definition) is 5. The van der Waals surface area contributed by atoms with Gasteiger partial charge in [0.25, 0.3) is 0 Å². The molecule has 0 fully saturated rings. The van der Waals surface area contributed by atoms with E-state index in [4.69, 9.17) is 14.6 Å². The lowest BCUT2D eigenvalue weighted by molar-refractivity contribution is -0.144. The Morgan fingerprint density at radius 2 is 1.88 bits per heavy atom. The molecule has 0 radical (unpaired) electrons. The molecule has 0 aromatic heterocycles. The Morgan fingerprint density at radius 3 is 2.52 bits per heavy atom. The van der Waals surface area contributed by atoms with Crippen molar-refractivity contribution >= 4 is 18.0 Å². The molecular formula is C19H16O6. The molecule has 1 aliphatic rings. The van der Waals surface area contributed by atoms with E-state index in [1.807, 2.05) is 0 Å². The molecule has 0 aliphatic carbocycles. The molecule has 2 aromatic rings. The van der Waals surface area contributed by atoms with Crippen LogP contribution in [0.1, 0.15) is 28.7 Å². The van der Waals surface area contributed by atoms with Crippen molar-refractivity contribution in [2.45, 2.75) is 12.0 Å². The molecule has 1 heterocycles. The van der Waals surface area contributed by atoms with Gasteiger partial charge in [-0.2, -0.15) is 0 Å². The van der Waals surface area contributed by atoms with Crippen molar-refractivity contribution in [2.75, 3.05) is 7.11 Å². The average Bonchev–Trinajstić information content (AvgIpc) is 2.98. The van der Waals surface area contributed by atoms with Gasteiger partial charge in [0, 0.05) is 11.6 Å². The molecule has 2 N–H and O–H groups in total. The summed E-state index contributed by atoms with van der Waals surface area (Å²) in [5.74, 6) is -1.52. The van der Waals surface area contributed by atoms with Gasteiger partial charge in [0.2, 0.25) is 0 Å². The van der Waals surface area contributed by atoms with Crippen LogP contribution in [0.2, 0.25) is 0 Å². The number of methoxy groups -OCH3 is 1. The third-order valence-electron chi connectivity index (χ3n) is 4.02. The van der Waals surface area contributed by atoms with Crippen LogP contribution in [0.4, 0.5) is 0 Å². The van der Waals surface area contributed by atoms with E-state index in [0.717, 1.165) is 11.6 Å². The van der Waals surface area contributed by atoms with Crippen molar-refractivity contribution in [3.63, 3.8) is 0 Å². The molecule has 1 aliphatic heterocycles. The van der Waals surface area contributed by atoms with E-state index in [0.29, 0.717) is 16.9 Å². The second-order valence-corrected chi connectivity index (χ2v) is 5.60. The predicted octanol–water partition coefficient (Wildman–Crippen LogP) is 2.88. The summed E-state index contributed by atoms with van der Waals surface area (Å²) in [7, 11) is 1.31. The largest absolute Gasteiger partial charge is 0.508 e. The summed E-state index contributed by atoms with van der Waals surface area (Å²) in [5, 5.41) is 18.2. The van der Waals surface area contributed by atoms with Crippen LogP contribution >= 0.6 is 0 Å². The number of phenolic OH excluding ortho intramolecular Hbond substituents is 1. The first-order chi connectivity index (χ1) is 12.0. The van der Waals surface area contributed by atoms with Crippen LogP contribution in [-0.4, -0.2) is 29.3 Å². The van der Waals surface area contributed by atoms with Crippen molar-refractivity contribution in [3.8, 4) is 11.5 Å². The van der Waals surface area contributed by atoms with Crippen LogP contribution in [0, 0.1) is 0 Å². The number of carbonyl (C=O) groups excluding carboxylic acids is 1. The van der Waals surface area contributed by atoms with Crippen molar-refractivity contribution in [2.24, 2.45) is 0 Å². The van der Waals surface area contributed by atoms with Gasteiger partial charge in [0.05, 0.1) is 7.11 Å². The van der Waals surface area contributed by atoms with Crippen molar-refractivity contribution in [1.29, 1.82) is 0 Å². The highest BCUT2D eigenvalue weighted by molar-refractivity contribution is 5.86. The third-order valence-corrected chi connectivity index (χ3v) is 4.02. The summed E-state index contributed by atoms with van der Waals surface area (Å²) in [4.78, 5) is 23.0. The first kappa shape index (κ1) is 16.6. The van der Waals surface area contributed by atoms with E-state index >= 15 is 0 Å². The fraction of sp³-hybridized carbons (Fsp3) is 0.158. The standard InChI is InChI=1S/C19H16O6/c1-24-19(23)17-14-10-11(3-9-16(21)22)2-8-15(14)25-18(17)12-4-6-13(20)7-5-12/h2-10,17-18,20H,1H3,(H,21,22). The predicted molar refractivity (Wildman–Crippen MR) is 89.3 cm³/mol. The first-order valence-corrected chi connectivity index (χ1v) is 7.58. The zero-order chi connectivity index (χ0) is 18.0. The minimum Gasteiger partial charge on any atom is -0.508 e. The second kappa shape index (κ2) is 6.68. The minimum absolute atomic E-state index is 0.120. The van der Waals surface area contributed by atoms with Gasteiger partial charge >= 0.3 is 11.9 Å². The molecule has 2 unspecified atom stereocenters. The second-order valence-electron chi connectivity index (χ2n) is 5.60. The molecule has 0 spiro atoms. The van der Waals surface area contributed by atoms with E-state index in [9.17, 15) is 14.7 Å². The Labute approximate surface area is 143 Å². The minimum atomic E-state index is -1.05. The highest BCUT2D eigenvalue weighted by Crippen LogP contribution is 2.47. The van der Waals surface area contributed by atoms with Crippen molar-refractivity contribution in [3.05, 3.63) is 65.2 Å². The summed E-state index contributed by atoms with van der Waals surface area (Å²) in [6.45, 7) is 0. The van der Waals surface area contributed by atoms with E-state index < -0.39 is 24.0 Å². The number of hydrogen-bond donors (Lipinski definition) is 2. The summed E-state index contributed by atoms with van der Waals surface area (Å²) in [6, 6.07) is 11.6. The maximum Gasteiger partial charge on any atom is 0.328 e. The maximum absolute atomic E-state index is 12.3. The van der Waals surface area contributed by atoms with Gasteiger partial charge in [0.1, 0.15) is 23.5 Å². The molecule has 25 heavy (non-hydrogen) atoms. The Kier molecular flexibility index (Phi) is 4.43. The lowest BCUT2D eigenvalue weighted by Gasteiger charge is -2.17. The van der Waals surface area contributed by atoms with Gasteiger partial charge < -0.3 is 19.7 Å². The zero-order valence-electron chi connectivity index (χ0n) is 13.4. The Balaban J connectivity index is 2.01. The van der Waals surface area contributed by atoms with Crippen molar-refractivity contribution < 1.29 is 29.3 Å². The quantitative estimate of drug-likeness (QED) is 0.657. The number of phenols is 1. The topological polar surface area (TPSA) is 93.1 Å². The maximum atomic E-state index is 12.3. The molecule has 6 nitrogen and oxygen atoms in total. The molecule has 2 atom stereocenters. The summed E-state index contributed by atoms with van der Waals surface area (Å²) in [5.41, 5.74) is 2.01. The van der Waals surface area contributed by atoms with Crippen LogP contribution in [0.5, 0.6) is 11.5 Å². The van der Waals surface area contributed by atoms with Crippen LogP contribution in [-0.2, 0) is 14.3 Å². The zero-order valence-corrected chi connectivity index (χ0v) is 13.4. The molecular weight excluding hydrogens is 324 g/mol. The fourth-order valence-electron chi connectivity index (χ4n) is 2.86. The molecule has 0 saturated heterocycles. The average molecular weight is 340 g/mol. The molecule has 2 aromatic carbocycles. The SMILES string of the molecule is COC(=O)C1c2cc(C=CC(=O)O)ccc2OC1c1ccc(O)cc1. The van der Waals surface area contributed by atoms with Crippen LogP contribution in [0.15, 0.2) is 48.5 Å². The number of aromatic hydroxyl groups is 1. The van der Waals surface area contributed by atoms with E-state index in [1.165, 1.54) is 25.3 Å². The van der Waals surface area contributed by atoms with Gasteiger partial charge in [-0.15, -0.1) is 0 Å². The smallest absolute Gasteiger partial charge is 0.328 e. The number of aliphatic carboxylic acids is 1. The summed E-state index contributed by atoms with van der Waals surface area (Å²) >= 11 is 0. The highest BCUT2D eigenvalue weighted by Gasteiger charge is 2.41. The number of esters is 1. The van der Waals surface area contributed by atoms with Gasteiger partial charge in [-0.3, -0.25) is 4.79 Å². The van der Waals surface area contributed by atoms with E-state index in [1.54, 1.807) is 30.3 Å². The van der Waals surface area contributed by atoms with Gasteiger partial charge in [-0.05, 0) is 41.5 Å². The molecule has 3 rings (SSSR count). The molecule has 0 saturated carbocycles. The number of carboxylic acid groups (broad SMARTS) is 1. The molecule has 0 amide bonds. The van der Waals surface area contributed by atoms with Crippen LogP contribution in [0.25, 0.3) is 6.08 Å². The van der Waals surface area contributed by atoms with Gasteiger partial charge in [-0.1, -0.05) is 18.2 Å². The van der Waals surface area contributed by atoms with E-state index in [2.05, 4.69) is 0 Å². The Bertz CT molecular complexity index is 837. The van der Waals surface area contributed by atoms with Gasteiger partial charge in [0.15, 0.2) is 0 Å². The Hall–Kier alpha value is -3.28. The number of fused-ring (bicyclic) bond motifs is 1. The number of carboxylic acids is 1. The number of benzene rings is 2. The first-order valence-electron chi connectivity index (χ1n) is 7.58. The summed E-state index contributed by atoms with van der Waals surface area (Å²) in [6.07, 6.45) is 1.90. The third kappa shape index (κ3) is 3.33. The Morgan fingerprint density at radius 1 is 1.16 bits per heavy atom. The number of ether oxygens (including phenoxy) is 2. The molecule has 6 heteroatoms. The monoisotopic (exact) mass is 340 g/mol. The number of rotatable bonds is 4. The lowest BCUT2D eigenvalue weighted by Crippen LogP contribution is -2.20. The fourth-order valence-corrected chi connectivity index (χ4v) is 2.86. The van der Waals surface area contributed by atoms with Crippen LogP contribution in [0.3, 0.4) is 0 Å². The molecule has 128 valence electrons. The number of carbonyl (C=O) groups is 2. The highest BCUT2D eigenvalue weighted by atomic mass is 16.5.